The zero-order valence-electron chi connectivity index (χ0n) is 18.7. The van der Waals surface area contributed by atoms with Gasteiger partial charge in [-0.15, -0.1) is 0 Å². The zero-order valence-corrected chi connectivity index (χ0v) is 18.7. The minimum Gasteiger partial charge on any atom is -0.497 e. The molecule has 0 unspecified atom stereocenters. The Labute approximate surface area is 193 Å². The number of carbonyl (C=O) groups excluding carboxylic acids is 2. The Bertz CT molecular complexity index is 1090. The van der Waals surface area contributed by atoms with Gasteiger partial charge in [0.15, 0.2) is 23.3 Å². The van der Waals surface area contributed by atoms with Crippen LogP contribution in [0.5, 0.6) is 11.5 Å². The standard InChI is InChI=1S/C24H23F4NO5/c1-4-34-24(31)19(15-10-14(32-2)7-8-18(15)33-3)12-5-6-13(9-12)29-23(30)20-21(27)16(25)11-17(26)22(20)28/h5-8,10-13,19H,4,9H2,1-3H3,(H,29,30)/t12-,13+,19-/m0/s1. The average Bonchev–Trinajstić information content (AvgIpc) is 3.25. The quantitative estimate of drug-likeness (QED) is 0.264. The molecule has 0 fully saturated rings. The normalized spacial score (nSPS) is 17.9. The molecule has 10 heteroatoms. The van der Waals surface area contributed by atoms with Gasteiger partial charge in [-0.3, -0.25) is 9.59 Å². The summed E-state index contributed by atoms with van der Waals surface area (Å²) < 4.78 is 70.9. The number of halogens is 4. The van der Waals surface area contributed by atoms with Crippen molar-refractivity contribution in [3.8, 4) is 11.5 Å². The van der Waals surface area contributed by atoms with Crippen LogP contribution in [-0.4, -0.2) is 38.7 Å². The van der Waals surface area contributed by atoms with Crippen LogP contribution in [0.15, 0.2) is 36.4 Å². The third kappa shape index (κ3) is 5.00. The Hall–Kier alpha value is -3.56. The Balaban J connectivity index is 1.86. The van der Waals surface area contributed by atoms with Crippen LogP contribution in [0.4, 0.5) is 17.6 Å². The van der Waals surface area contributed by atoms with Gasteiger partial charge in [0.2, 0.25) is 0 Å². The lowest BCUT2D eigenvalue weighted by Gasteiger charge is -2.24. The molecule has 182 valence electrons. The topological polar surface area (TPSA) is 73.9 Å². The van der Waals surface area contributed by atoms with Crippen LogP contribution in [0.3, 0.4) is 0 Å². The average molecular weight is 481 g/mol. The van der Waals surface area contributed by atoms with Gasteiger partial charge >= 0.3 is 5.97 Å². The second kappa shape index (κ2) is 10.6. The number of esters is 1. The summed E-state index contributed by atoms with van der Waals surface area (Å²) in [5.41, 5.74) is -0.864. The molecule has 0 saturated carbocycles. The first kappa shape index (κ1) is 25.1. The fourth-order valence-electron chi connectivity index (χ4n) is 3.94. The fraction of sp³-hybridized carbons (Fsp3) is 0.333. The van der Waals surface area contributed by atoms with Crippen molar-refractivity contribution in [1.29, 1.82) is 0 Å². The highest BCUT2D eigenvalue weighted by molar-refractivity contribution is 5.95. The van der Waals surface area contributed by atoms with Crippen molar-refractivity contribution in [3.63, 3.8) is 0 Å². The Morgan fingerprint density at radius 3 is 2.29 bits per heavy atom. The molecule has 0 heterocycles. The van der Waals surface area contributed by atoms with E-state index in [2.05, 4.69) is 5.32 Å². The molecule has 1 N–H and O–H groups in total. The van der Waals surface area contributed by atoms with Gasteiger partial charge in [0.25, 0.3) is 5.91 Å². The third-order valence-corrected chi connectivity index (χ3v) is 5.51. The molecule has 0 bridgehead atoms. The second-order valence-electron chi connectivity index (χ2n) is 7.55. The Morgan fingerprint density at radius 2 is 1.71 bits per heavy atom. The van der Waals surface area contributed by atoms with E-state index in [0.717, 1.165) is 0 Å². The van der Waals surface area contributed by atoms with Crippen LogP contribution in [0.2, 0.25) is 0 Å². The summed E-state index contributed by atoms with van der Waals surface area (Å²) in [7, 11) is 2.92. The maximum atomic E-state index is 14.0. The van der Waals surface area contributed by atoms with Crippen LogP contribution in [0.1, 0.15) is 35.2 Å². The number of ether oxygens (including phenoxy) is 3. The summed E-state index contributed by atoms with van der Waals surface area (Å²) in [5.74, 6) is -9.26. The summed E-state index contributed by atoms with van der Waals surface area (Å²) in [6, 6.07) is 4.21. The molecule has 2 aromatic carbocycles. The van der Waals surface area contributed by atoms with E-state index in [1.54, 1.807) is 31.2 Å². The van der Waals surface area contributed by atoms with Gasteiger partial charge < -0.3 is 19.5 Å². The van der Waals surface area contributed by atoms with Crippen molar-refractivity contribution in [2.24, 2.45) is 5.92 Å². The molecule has 0 spiro atoms. The van der Waals surface area contributed by atoms with Gasteiger partial charge in [-0.05, 0) is 37.5 Å². The van der Waals surface area contributed by atoms with Gasteiger partial charge in [-0.1, -0.05) is 12.2 Å². The molecule has 3 rings (SSSR count). The summed E-state index contributed by atoms with van der Waals surface area (Å²) >= 11 is 0. The van der Waals surface area contributed by atoms with E-state index in [1.165, 1.54) is 20.3 Å². The molecule has 1 aliphatic carbocycles. The molecule has 1 aliphatic rings. The number of amides is 1. The number of hydrogen-bond acceptors (Lipinski definition) is 5. The summed E-state index contributed by atoms with van der Waals surface area (Å²) in [6.45, 7) is 1.79. The monoisotopic (exact) mass is 481 g/mol. The minimum atomic E-state index is -1.79. The Kier molecular flexibility index (Phi) is 7.80. The second-order valence-corrected chi connectivity index (χ2v) is 7.55. The van der Waals surface area contributed by atoms with Crippen molar-refractivity contribution in [2.45, 2.75) is 25.3 Å². The van der Waals surface area contributed by atoms with E-state index in [-0.39, 0.29) is 19.1 Å². The van der Waals surface area contributed by atoms with Gasteiger partial charge in [-0.2, -0.15) is 0 Å². The molecule has 0 radical (unpaired) electrons. The Morgan fingerprint density at radius 1 is 1.03 bits per heavy atom. The predicted octanol–water partition coefficient (Wildman–Crippen LogP) is 4.28. The van der Waals surface area contributed by atoms with E-state index < -0.39 is 58.6 Å². The van der Waals surface area contributed by atoms with E-state index in [1.807, 2.05) is 0 Å². The van der Waals surface area contributed by atoms with Crippen LogP contribution in [-0.2, 0) is 9.53 Å². The van der Waals surface area contributed by atoms with E-state index >= 15 is 0 Å². The molecule has 1 amide bonds. The molecule has 34 heavy (non-hydrogen) atoms. The number of allylic oxidation sites excluding steroid dienone is 1. The van der Waals surface area contributed by atoms with Crippen molar-refractivity contribution in [1.82, 2.24) is 5.32 Å². The van der Waals surface area contributed by atoms with Crippen molar-refractivity contribution < 1.29 is 41.4 Å². The maximum absolute atomic E-state index is 14.0. The molecule has 0 saturated heterocycles. The van der Waals surface area contributed by atoms with E-state index in [9.17, 15) is 27.2 Å². The lowest BCUT2D eigenvalue weighted by Crippen LogP contribution is -2.35. The molecule has 3 atom stereocenters. The molecular formula is C24H23F4NO5. The maximum Gasteiger partial charge on any atom is 0.314 e. The highest BCUT2D eigenvalue weighted by atomic mass is 19.2. The fourth-order valence-corrected chi connectivity index (χ4v) is 3.94. The summed E-state index contributed by atoms with van der Waals surface area (Å²) in [4.78, 5) is 25.3. The van der Waals surface area contributed by atoms with E-state index in [4.69, 9.17) is 14.2 Å². The molecular weight excluding hydrogens is 458 g/mol. The van der Waals surface area contributed by atoms with Crippen molar-refractivity contribution in [2.75, 3.05) is 20.8 Å². The van der Waals surface area contributed by atoms with Gasteiger partial charge in [-0.25, -0.2) is 17.6 Å². The van der Waals surface area contributed by atoms with Crippen LogP contribution >= 0.6 is 0 Å². The van der Waals surface area contributed by atoms with Gasteiger partial charge in [0.1, 0.15) is 17.1 Å². The SMILES string of the molecule is CCOC(=O)[C@H](c1cc(OC)ccc1OC)[C@H]1C=C[C@@H](NC(=O)c2c(F)c(F)cc(F)c2F)C1. The number of benzene rings is 2. The molecule has 2 aromatic rings. The molecule has 0 aliphatic heterocycles. The summed E-state index contributed by atoms with van der Waals surface area (Å²) in [6.07, 6.45) is 3.34. The van der Waals surface area contributed by atoms with E-state index in [0.29, 0.717) is 17.1 Å². The lowest BCUT2D eigenvalue weighted by molar-refractivity contribution is -0.146. The van der Waals surface area contributed by atoms with Gasteiger partial charge in [0.05, 0.1) is 26.7 Å². The van der Waals surface area contributed by atoms with Gasteiger partial charge in [0, 0.05) is 17.7 Å². The zero-order chi connectivity index (χ0) is 25.0. The molecule has 6 nitrogen and oxygen atoms in total. The predicted molar refractivity (Wildman–Crippen MR) is 114 cm³/mol. The summed E-state index contributed by atoms with van der Waals surface area (Å²) in [5, 5.41) is 2.34. The van der Waals surface area contributed by atoms with Crippen LogP contribution in [0, 0.1) is 29.2 Å². The lowest BCUT2D eigenvalue weighted by atomic mass is 9.84. The minimum absolute atomic E-state index is 0.0262. The third-order valence-electron chi connectivity index (χ3n) is 5.51. The number of hydrogen-bond donors (Lipinski definition) is 1. The first-order chi connectivity index (χ1) is 16.2. The highest BCUT2D eigenvalue weighted by Gasteiger charge is 2.37. The first-order valence-corrected chi connectivity index (χ1v) is 10.4. The highest BCUT2D eigenvalue weighted by Crippen LogP contribution is 2.40. The molecule has 0 aromatic heterocycles. The number of carbonyl (C=O) groups is 2. The van der Waals surface area contributed by atoms with Crippen molar-refractivity contribution >= 4 is 11.9 Å². The number of methoxy groups -OCH3 is 2. The largest absolute Gasteiger partial charge is 0.497 e. The smallest absolute Gasteiger partial charge is 0.314 e. The van der Waals surface area contributed by atoms with Crippen LogP contribution in [0.25, 0.3) is 0 Å². The first-order valence-electron chi connectivity index (χ1n) is 10.4. The van der Waals surface area contributed by atoms with Crippen LogP contribution < -0.4 is 14.8 Å². The number of nitrogens with one attached hydrogen (secondary N) is 1. The van der Waals surface area contributed by atoms with Crippen molar-refractivity contribution in [3.05, 3.63) is 70.8 Å². The number of rotatable bonds is 8.